The second-order valence-electron chi connectivity index (χ2n) is 8.49. The summed E-state index contributed by atoms with van der Waals surface area (Å²) >= 11 is 0. The van der Waals surface area contributed by atoms with Gasteiger partial charge >= 0.3 is 6.18 Å². The first-order valence-corrected chi connectivity index (χ1v) is 14.8. The Morgan fingerprint density at radius 1 is 1.00 bits per heavy atom. The zero-order valence-corrected chi connectivity index (χ0v) is 23.3. The summed E-state index contributed by atoms with van der Waals surface area (Å²) in [5, 5.41) is -0.493. The monoisotopic (exact) mass is 605 g/mol. The lowest BCUT2D eigenvalue weighted by Crippen LogP contribution is -2.27. The Kier molecular flexibility index (Phi) is 9.42. The predicted molar refractivity (Wildman–Crippen MR) is 138 cm³/mol. The first-order chi connectivity index (χ1) is 18.6. The maximum absolute atomic E-state index is 13.7. The number of nitrogens with zero attached hydrogens (tertiary/aromatic N) is 3. The maximum Gasteiger partial charge on any atom is 0.451 e. The van der Waals surface area contributed by atoms with Gasteiger partial charge in [-0.1, -0.05) is 32.0 Å². The summed E-state index contributed by atoms with van der Waals surface area (Å²) in [7, 11) is -6.91. The first-order valence-electron chi connectivity index (χ1n) is 11.5. The fraction of sp³-hybridized carbons (Fsp3) is 0.348. The highest BCUT2D eigenvalue weighted by molar-refractivity contribution is 7.92. The fourth-order valence-electron chi connectivity index (χ4n) is 3.08. The van der Waals surface area contributed by atoms with Crippen molar-refractivity contribution in [2.24, 2.45) is 0 Å². The van der Waals surface area contributed by atoms with Crippen LogP contribution in [0.3, 0.4) is 0 Å². The Morgan fingerprint density at radius 2 is 1.68 bits per heavy atom. The number of hydrogen-bond donors (Lipinski definition) is 2. The SMILES string of the molecule is COc1ccccc1Oc1c(NS(=O)(=O)c2ccc(C(C)C)cn2)nc(C(F)(F)F)nc1OCCNS(C)(=O)=O. The third-order valence-corrected chi connectivity index (χ3v) is 6.99. The van der Waals surface area contributed by atoms with E-state index in [1.807, 2.05) is 18.6 Å². The van der Waals surface area contributed by atoms with Crippen molar-refractivity contribution in [1.29, 1.82) is 0 Å². The van der Waals surface area contributed by atoms with Crippen LogP contribution >= 0.6 is 0 Å². The number of rotatable bonds is 12. The van der Waals surface area contributed by atoms with Crippen molar-refractivity contribution in [1.82, 2.24) is 19.7 Å². The first kappa shape index (κ1) is 30.8. The highest BCUT2D eigenvalue weighted by Crippen LogP contribution is 2.42. The van der Waals surface area contributed by atoms with Gasteiger partial charge in [-0.15, -0.1) is 0 Å². The van der Waals surface area contributed by atoms with Crippen LogP contribution in [0.5, 0.6) is 23.1 Å². The topological polar surface area (TPSA) is 159 Å². The zero-order valence-electron chi connectivity index (χ0n) is 21.7. The minimum Gasteiger partial charge on any atom is -0.493 e. The van der Waals surface area contributed by atoms with Gasteiger partial charge in [0.15, 0.2) is 22.3 Å². The Labute approximate surface area is 229 Å². The van der Waals surface area contributed by atoms with Gasteiger partial charge in [-0.2, -0.15) is 26.6 Å². The zero-order chi connectivity index (χ0) is 29.7. The predicted octanol–water partition coefficient (Wildman–Crippen LogP) is 3.54. The second-order valence-corrected chi connectivity index (χ2v) is 11.9. The van der Waals surface area contributed by atoms with E-state index < -0.39 is 61.1 Å². The van der Waals surface area contributed by atoms with E-state index in [1.165, 1.54) is 43.6 Å². The molecule has 2 N–H and O–H groups in total. The molecule has 0 amide bonds. The van der Waals surface area contributed by atoms with Gasteiger partial charge in [-0.25, -0.2) is 23.1 Å². The van der Waals surface area contributed by atoms with Crippen LogP contribution in [0.25, 0.3) is 0 Å². The fourth-order valence-corrected chi connectivity index (χ4v) is 4.47. The van der Waals surface area contributed by atoms with Crippen LogP contribution in [0, 0.1) is 0 Å². The molecule has 0 bridgehead atoms. The number of sulfonamides is 2. The molecule has 2 heterocycles. The van der Waals surface area contributed by atoms with Gasteiger partial charge < -0.3 is 14.2 Å². The van der Waals surface area contributed by atoms with E-state index >= 15 is 0 Å². The van der Waals surface area contributed by atoms with Crippen LogP contribution in [0.2, 0.25) is 0 Å². The molecule has 0 fully saturated rings. The van der Waals surface area contributed by atoms with Crippen molar-refractivity contribution in [3.63, 3.8) is 0 Å². The molecule has 17 heteroatoms. The third kappa shape index (κ3) is 8.15. The van der Waals surface area contributed by atoms with E-state index in [0.29, 0.717) is 0 Å². The molecule has 0 spiro atoms. The number of benzene rings is 1. The summed E-state index contributed by atoms with van der Waals surface area (Å²) < 4.78 is 110. The van der Waals surface area contributed by atoms with Crippen LogP contribution in [0.1, 0.15) is 31.2 Å². The largest absolute Gasteiger partial charge is 0.493 e. The van der Waals surface area contributed by atoms with Crippen LogP contribution in [-0.2, 0) is 26.2 Å². The Balaban J connectivity index is 2.13. The smallest absolute Gasteiger partial charge is 0.451 e. The highest BCUT2D eigenvalue weighted by Gasteiger charge is 2.38. The van der Waals surface area contributed by atoms with Gasteiger partial charge in [0.1, 0.15) is 6.61 Å². The molecule has 218 valence electrons. The molecular formula is C23H26F3N5O7S2. The number of pyridine rings is 1. The van der Waals surface area contributed by atoms with E-state index in [4.69, 9.17) is 14.2 Å². The number of nitrogens with one attached hydrogen (secondary N) is 2. The van der Waals surface area contributed by atoms with Gasteiger partial charge in [0, 0.05) is 12.7 Å². The lowest BCUT2D eigenvalue weighted by molar-refractivity contribution is -0.145. The van der Waals surface area contributed by atoms with Crippen molar-refractivity contribution in [3.05, 3.63) is 54.0 Å². The van der Waals surface area contributed by atoms with E-state index in [0.717, 1.165) is 11.8 Å². The average molecular weight is 606 g/mol. The molecule has 0 aliphatic heterocycles. The summed E-state index contributed by atoms with van der Waals surface area (Å²) in [4.78, 5) is 10.7. The molecule has 3 aromatic rings. The van der Waals surface area contributed by atoms with E-state index in [2.05, 4.69) is 19.7 Å². The molecule has 3 rings (SSSR count). The molecule has 0 radical (unpaired) electrons. The molecule has 0 unspecified atom stereocenters. The molecule has 12 nitrogen and oxygen atoms in total. The van der Waals surface area contributed by atoms with Crippen molar-refractivity contribution >= 4 is 25.9 Å². The standard InChI is InChI=1S/C23H26F3N5O7S2/c1-14(2)15-9-10-18(27-13-15)40(34,35)31-20-19(38-17-8-6-5-7-16(17)36-3)21(30-22(29-20)23(24,25)26)37-12-11-28-39(4,32)33/h5-10,13-14,28H,11-12H2,1-4H3,(H,29,30,31). The molecule has 0 aliphatic carbocycles. The number of ether oxygens (including phenoxy) is 3. The summed E-state index contributed by atoms with van der Waals surface area (Å²) in [6.07, 6.45) is -2.91. The number of aromatic nitrogens is 3. The summed E-state index contributed by atoms with van der Waals surface area (Å²) in [5.41, 5.74) is 0.735. The Morgan fingerprint density at radius 3 is 2.23 bits per heavy atom. The molecule has 0 saturated carbocycles. The summed E-state index contributed by atoms with van der Waals surface area (Å²) in [5.74, 6) is -3.95. The molecule has 0 saturated heterocycles. The number of anilines is 1. The summed E-state index contributed by atoms with van der Waals surface area (Å²) in [6, 6.07) is 8.72. The van der Waals surface area contributed by atoms with Crippen LogP contribution in [0.4, 0.5) is 19.0 Å². The van der Waals surface area contributed by atoms with Gasteiger partial charge in [-0.05, 0) is 29.7 Å². The third-order valence-electron chi connectivity index (χ3n) is 5.01. The molecule has 2 aromatic heterocycles. The van der Waals surface area contributed by atoms with Gasteiger partial charge in [-0.3, -0.25) is 4.72 Å². The van der Waals surface area contributed by atoms with Gasteiger partial charge in [0.25, 0.3) is 15.9 Å². The second kappa shape index (κ2) is 12.2. The minimum atomic E-state index is -5.12. The molecule has 0 aliphatic rings. The Bertz CT molecular complexity index is 1550. The molecule has 0 atom stereocenters. The number of para-hydroxylation sites is 2. The highest BCUT2D eigenvalue weighted by atomic mass is 32.2. The van der Waals surface area contributed by atoms with E-state index in [-0.39, 0.29) is 24.0 Å². The van der Waals surface area contributed by atoms with Crippen LogP contribution in [-0.4, -0.2) is 58.3 Å². The van der Waals surface area contributed by atoms with Crippen molar-refractivity contribution in [2.75, 3.05) is 31.2 Å². The number of hydrogen-bond acceptors (Lipinski definition) is 10. The quantitative estimate of drug-likeness (QED) is 0.293. The van der Waals surface area contributed by atoms with Crippen LogP contribution < -0.4 is 23.7 Å². The summed E-state index contributed by atoms with van der Waals surface area (Å²) in [6.45, 7) is 2.91. The van der Waals surface area contributed by atoms with Crippen molar-refractivity contribution in [3.8, 4) is 23.1 Å². The van der Waals surface area contributed by atoms with Crippen molar-refractivity contribution in [2.45, 2.75) is 31.0 Å². The number of methoxy groups -OCH3 is 1. The van der Waals surface area contributed by atoms with E-state index in [9.17, 15) is 30.0 Å². The van der Waals surface area contributed by atoms with Crippen LogP contribution in [0.15, 0.2) is 47.6 Å². The Hall–Kier alpha value is -3.70. The normalized spacial score (nSPS) is 12.3. The molecule has 1 aromatic carbocycles. The molecular weight excluding hydrogens is 579 g/mol. The van der Waals surface area contributed by atoms with Gasteiger partial charge in [0.05, 0.1) is 13.4 Å². The lowest BCUT2D eigenvalue weighted by Gasteiger charge is -2.18. The van der Waals surface area contributed by atoms with E-state index in [1.54, 1.807) is 6.07 Å². The number of alkyl halides is 3. The molecule has 40 heavy (non-hydrogen) atoms. The average Bonchev–Trinajstić information content (AvgIpc) is 2.87. The lowest BCUT2D eigenvalue weighted by atomic mass is 10.1. The maximum atomic E-state index is 13.7. The minimum absolute atomic E-state index is 0.0349. The van der Waals surface area contributed by atoms with Crippen molar-refractivity contribution < 1.29 is 44.2 Å². The van der Waals surface area contributed by atoms with Gasteiger partial charge in [0.2, 0.25) is 21.6 Å². The number of halogens is 3.